The summed E-state index contributed by atoms with van der Waals surface area (Å²) in [6.45, 7) is 2.40. The first-order chi connectivity index (χ1) is 39.6. The quantitative estimate of drug-likeness (QED) is 0.0464. The van der Waals surface area contributed by atoms with Crippen molar-refractivity contribution in [2.75, 3.05) is 59.7 Å². The van der Waals surface area contributed by atoms with Gasteiger partial charge in [0.2, 0.25) is 35.4 Å². The van der Waals surface area contributed by atoms with Crippen LogP contribution in [0, 0.1) is 5.92 Å². The predicted molar refractivity (Wildman–Crippen MR) is 300 cm³/mol. The van der Waals surface area contributed by atoms with Crippen LogP contribution in [-0.4, -0.2) is 219 Å². The number of fused-ring (bicyclic) bond motifs is 3. The van der Waals surface area contributed by atoms with Crippen molar-refractivity contribution in [3.8, 4) is 17.2 Å². The fourth-order valence-corrected chi connectivity index (χ4v) is 10.5. The lowest BCUT2D eigenvalue weighted by molar-refractivity contribution is -0.147. The van der Waals surface area contributed by atoms with E-state index in [4.69, 9.17) is 25.7 Å². The van der Waals surface area contributed by atoms with E-state index in [1.165, 1.54) is 31.2 Å². The van der Waals surface area contributed by atoms with Gasteiger partial charge in [0.15, 0.2) is 11.5 Å². The Hall–Kier alpha value is -6.75. The molecule has 3 aromatic rings. The molecule has 0 spiro atoms. The number of rotatable bonds is 22. The molecule has 3 aliphatic rings. The highest BCUT2D eigenvalue weighted by atomic mass is 16.5. The normalized spacial score (nSPS) is 26.2. The van der Waals surface area contributed by atoms with E-state index >= 15 is 0 Å². The van der Waals surface area contributed by atoms with E-state index < -0.39 is 152 Å². The topological polar surface area (TPSA) is 407 Å². The number of nitrogens with zero attached hydrogens (tertiary/aromatic N) is 2. The minimum Gasteiger partial charge on any atom is -0.504 e. The molecule has 16 N–H and O–H groups in total. The molecule has 0 saturated carbocycles. The van der Waals surface area contributed by atoms with Gasteiger partial charge < -0.3 is 97.8 Å². The summed E-state index contributed by atoms with van der Waals surface area (Å²) >= 11 is 0. The van der Waals surface area contributed by atoms with E-state index in [1.54, 1.807) is 31.4 Å². The van der Waals surface area contributed by atoms with E-state index in [2.05, 4.69) is 26.6 Å². The van der Waals surface area contributed by atoms with Gasteiger partial charge in [-0.3, -0.25) is 33.6 Å². The Morgan fingerprint density at radius 2 is 1.36 bits per heavy atom. The number of unbranched alkanes of at least 4 members (excludes halogenated alkanes) is 5. The van der Waals surface area contributed by atoms with Crippen LogP contribution in [0.25, 0.3) is 10.8 Å². The van der Waals surface area contributed by atoms with Crippen molar-refractivity contribution in [3.63, 3.8) is 0 Å². The minimum atomic E-state index is -2.03. The van der Waals surface area contributed by atoms with Crippen molar-refractivity contribution in [2.45, 2.75) is 151 Å². The third-order valence-corrected chi connectivity index (χ3v) is 15.1. The summed E-state index contributed by atoms with van der Waals surface area (Å²) < 4.78 is 16.6. The number of β-amino-alcohol motifs (C(OH)–C–C–N with tert-alkyl or cyclic N) is 1. The van der Waals surface area contributed by atoms with Crippen molar-refractivity contribution in [3.05, 3.63) is 65.7 Å². The summed E-state index contributed by atoms with van der Waals surface area (Å²) in [5.41, 5.74) is 11.7. The summed E-state index contributed by atoms with van der Waals surface area (Å²) in [6.07, 6.45) is -5.50. The number of carbonyl (C=O) groups is 7. The van der Waals surface area contributed by atoms with Gasteiger partial charge in [0, 0.05) is 70.6 Å². The number of carbonyl (C=O) groups excluding carboxylic acids is 7. The molecule has 13 atom stereocenters. The SMILES string of the molecule is COCCCCCCCCOc1ccc2cc(C(=O)N[C@H]3C[C@@H](O)CNC(=O)[C@@H]4[C@@H](O)[C@@H](C)CN4C(=O)[C@H]([C@H](O)CCN)NC(=O)[C@H]([C@H](O)Cc4ccc(O)c(OCCN)c4)NC(=O)[C@@H]4C[C@@H](O)CN4C(=O)[C@H]([C@@H](C)O)NC3=O)ccc2c1. The summed E-state index contributed by atoms with van der Waals surface area (Å²) in [5.74, 6) is -7.91. The number of aliphatic hydroxyl groups excluding tert-OH is 6. The Bertz CT molecular complexity index is 2700. The number of ether oxygens (including phenoxy) is 3. The molecule has 458 valence electrons. The molecule has 7 amide bonds. The van der Waals surface area contributed by atoms with E-state index in [0.717, 1.165) is 67.2 Å². The number of phenols is 1. The Morgan fingerprint density at radius 3 is 2.06 bits per heavy atom. The van der Waals surface area contributed by atoms with Crippen LogP contribution < -0.4 is 47.5 Å². The molecular formula is C57H83N9O17. The van der Waals surface area contributed by atoms with Crippen molar-refractivity contribution < 1.29 is 83.5 Å². The summed E-state index contributed by atoms with van der Waals surface area (Å²) in [6, 6.07) is 3.26. The first-order valence-electron chi connectivity index (χ1n) is 28.4. The van der Waals surface area contributed by atoms with E-state index in [-0.39, 0.29) is 55.3 Å². The lowest BCUT2D eigenvalue weighted by atomic mass is 9.98. The molecule has 3 aliphatic heterocycles. The second kappa shape index (κ2) is 31.2. The Balaban J connectivity index is 1.31. The number of aliphatic hydroxyl groups is 6. The van der Waals surface area contributed by atoms with Gasteiger partial charge >= 0.3 is 0 Å². The van der Waals surface area contributed by atoms with Crippen LogP contribution >= 0.6 is 0 Å². The van der Waals surface area contributed by atoms with Gasteiger partial charge in [-0.25, -0.2) is 0 Å². The number of hydrogen-bond acceptors (Lipinski definition) is 19. The number of benzene rings is 3. The first-order valence-corrected chi connectivity index (χ1v) is 28.4. The molecule has 6 rings (SSSR count). The smallest absolute Gasteiger partial charge is 0.251 e. The van der Waals surface area contributed by atoms with Crippen molar-refractivity contribution in [1.29, 1.82) is 0 Å². The number of nitrogens with two attached hydrogens (primary N) is 2. The molecule has 83 heavy (non-hydrogen) atoms. The molecule has 3 saturated heterocycles. The molecule has 0 radical (unpaired) electrons. The monoisotopic (exact) mass is 1170 g/mol. The molecule has 0 aromatic heterocycles. The summed E-state index contributed by atoms with van der Waals surface area (Å²) in [7, 11) is 1.69. The number of aromatic hydroxyl groups is 1. The van der Waals surface area contributed by atoms with Gasteiger partial charge in [0.05, 0.1) is 43.2 Å². The van der Waals surface area contributed by atoms with Crippen LogP contribution in [0.5, 0.6) is 17.2 Å². The predicted octanol–water partition coefficient (Wildman–Crippen LogP) is -2.45. The van der Waals surface area contributed by atoms with Crippen LogP contribution in [0.15, 0.2) is 54.6 Å². The minimum absolute atomic E-state index is 0.000701. The number of amides is 7. The van der Waals surface area contributed by atoms with Gasteiger partial charge in [-0.2, -0.15) is 0 Å². The zero-order chi connectivity index (χ0) is 60.5. The molecule has 26 heteroatoms. The largest absolute Gasteiger partial charge is 0.504 e. The standard InChI is InChI=1S/C57H83N9O17/c1-31-29-66-49(50(31)73)55(78)60-28-37(68)26-40(61-51(74)36-12-11-35-25-39(14-13-34(35)24-36)82-20-9-7-5-4-6-8-19-81-3)52(75)62-46(32(2)67)56(79)65-30-38(69)27-41(65)53(76)63-47(54(77)64-48(57(66)80)43(71)16-17-58)44(72)22-33-10-15-42(70)45(23-33)83-21-18-59/h10-15,23-25,31-32,37-38,40-41,43-44,46-50,67-73H,4-9,16-22,26-30,58-59H2,1-3H3,(H,60,78)(H,61,74)(H,62,75)(H,63,76)(H,64,77)/t31-,32+,37+,38+,40-,41-,43+,44+,46-,47-,48-,49-,50-/m0/s1. The molecule has 26 nitrogen and oxygen atoms in total. The molecule has 3 fully saturated rings. The highest BCUT2D eigenvalue weighted by Crippen LogP contribution is 2.30. The Morgan fingerprint density at radius 1 is 0.699 bits per heavy atom. The Kier molecular flexibility index (Phi) is 24.6. The van der Waals surface area contributed by atoms with Crippen LogP contribution in [0.3, 0.4) is 0 Å². The molecule has 3 heterocycles. The fraction of sp³-hybridized carbons (Fsp3) is 0.596. The summed E-state index contributed by atoms with van der Waals surface area (Å²) in [5, 5.41) is 92.5. The number of methoxy groups -OCH3 is 1. The number of hydrogen-bond donors (Lipinski definition) is 14. The van der Waals surface area contributed by atoms with Gasteiger partial charge in [-0.05, 0) is 85.5 Å². The molecule has 3 aromatic carbocycles. The Labute approximate surface area is 481 Å². The first kappa shape index (κ1) is 65.4. The maximum atomic E-state index is 14.7. The van der Waals surface area contributed by atoms with Gasteiger partial charge in [-0.1, -0.05) is 50.8 Å². The second-order valence-electron chi connectivity index (χ2n) is 21.7. The number of nitrogens with one attached hydrogen (secondary N) is 5. The van der Waals surface area contributed by atoms with Crippen molar-refractivity contribution >= 4 is 52.1 Å². The fourth-order valence-electron chi connectivity index (χ4n) is 10.5. The molecule has 0 bridgehead atoms. The third kappa shape index (κ3) is 17.6. The van der Waals surface area contributed by atoms with Crippen LogP contribution in [0.1, 0.15) is 87.6 Å². The van der Waals surface area contributed by atoms with Crippen molar-refractivity contribution in [1.82, 2.24) is 36.4 Å². The zero-order valence-electron chi connectivity index (χ0n) is 47.2. The number of phenolic OH excluding ortho intramolecular Hbond substituents is 1. The van der Waals surface area contributed by atoms with E-state index in [9.17, 15) is 69.3 Å². The maximum absolute atomic E-state index is 14.7. The molecular weight excluding hydrogens is 1080 g/mol. The van der Waals surface area contributed by atoms with Crippen LogP contribution in [0.2, 0.25) is 0 Å². The van der Waals surface area contributed by atoms with Crippen LogP contribution in [-0.2, 0) is 39.9 Å². The van der Waals surface area contributed by atoms with E-state index in [1.807, 2.05) is 6.07 Å². The average molecular weight is 1170 g/mol. The van der Waals surface area contributed by atoms with Crippen molar-refractivity contribution in [2.24, 2.45) is 17.4 Å². The van der Waals surface area contributed by atoms with E-state index in [0.29, 0.717) is 17.7 Å². The van der Waals surface area contributed by atoms with Gasteiger partial charge in [0.1, 0.15) is 48.6 Å². The highest BCUT2D eigenvalue weighted by Gasteiger charge is 2.49. The lowest BCUT2D eigenvalue weighted by Crippen LogP contribution is -2.64. The highest BCUT2D eigenvalue weighted by molar-refractivity contribution is 6.02. The van der Waals surface area contributed by atoms with Gasteiger partial charge in [-0.15, -0.1) is 0 Å². The average Bonchev–Trinajstić information content (AvgIpc) is 4.25. The molecule has 0 unspecified atom stereocenters. The zero-order valence-corrected chi connectivity index (χ0v) is 47.2. The summed E-state index contributed by atoms with van der Waals surface area (Å²) in [4.78, 5) is 103. The maximum Gasteiger partial charge on any atom is 0.251 e. The second-order valence-corrected chi connectivity index (χ2v) is 21.7. The molecule has 0 aliphatic carbocycles. The lowest BCUT2D eigenvalue weighted by Gasteiger charge is -2.34. The van der Waals surface area contributed by atoms with Gasteiger partial charge in [0.25, 0.3) is 5.91 Å². The third-order valence-electron chi connectivity index (χ3n) is 15.1. The van der Waals surface area contributed by atoms with Crippen LogP contribution in [0.4, 0.5) is 0 Å².